The number of nitrogens with one attached hydrogen (secondary N) is 1. The molecule has 3 aromatic carbocycles. The van der Waals surface area contributed by atoms with E-state index in [0.29, 0.717) is 24.3 Å². The lowest BCUT2D eigenvalue weighted by Crippen LogP contribution is -2.35. The van der Waals surface area contributed by atoms with Crippen molar-refractivity contribution in [3.63, 3.8) is 0 Å². The Balaban J connectivity index is 1.49. The zero-order valence-corrected chi connectivity index (χ0v) is 17.1. The normalized spacial score (nSPS) is 13.4. The summed E-state index contributed by atoms with van der Waals surface area (Å²) in [5.74, 6) is 0. The molecule has 1 aliphatic heterocycles. The molecule has 0 aliphatic carbocycles. The molecule has 0 spiro atoms. The summed E-state index contributed by atoms with van der Waals surface area (Å²) in [6, 6.07) is 23.1. The van der Waals surface area contributed by atoms with Crippen LogP contribution in [0.4, 0.5) is 16.2 Å². The minimum atomic E-state index is -3.63. The zero-order chi connectivity index (χ0) is 21.0. The van der Waals surface area contributed by atoms with Gasteiger partial charge in [-0.2, -0.15) is 0 Å². The van der Waals surface area contributed by atoms with Gasteiger partial charge in [0.1, 0.15) is 6.61 Å². The molecular weight excluding hydrogens is 400 g/mol. The van der Waals surface area contributed by atoms with Gasteiger partial charge in [0, 0.05) is 12.2 Å². The molecular formula is C23H22N2O4S. The molecule has 1 heterocycles. The maximum Gasteiger partial charge on any atom is 0.411 e. The Labute approximate surface area is 176 Å². The minimum Gasteiger partial charge on any atom is -0.444 e. The molecule has 0 fully saturated rings. The summed E-state index contributed by atoms with van der Waals surface area (Å²) in [7, 11) is -3.63. The molecule has 6 nitrogen and oxygen atoms in total. The number of anilines is 2. The van der Waals surface area contributed by atoms with Gasteiger partial charge < -0.3 is 4.74 Å². The molecule has 154 valence electrons. The third kappa shape index (κ3) is 4.31. The predicted molar refractivity (Wildman–Crippen MR) is 116 cm³/mol. The number of rotatable bonds is 5. The number of carbonyl (C=O) groups is 1. The minimum absolute atomic E-state index is 0.181. The number of nitrogens with zero attached hydrogens (tertiary/aromatic N) is 1. The van der Waals surface area contributed by atoms with E-state index in [1.807, 2.05) is 36.4 Å². The smallest absolute Gasteiger partial charge is 0.411 e. The lowest BCUT2D eigenvalue weighted by atomic mass is 10.0. The summed E-state index contributed by atoms with van der Waals surface area (Å²) >= 11 is 0. The molecule has 0 bridgehead atoms. The van der Waals surface area contributed by atoms with Crippen LogP contribution >= 0.6 is 0 Å². The zero-order valence-electron chi connectivity index (χ0n) is 16.3. The van der Waals surface area contributed by atoms with Crippen molar-refractivity contribution >= 4 is 27.5 Å². The fourth-order valence-electron chi connectivity index (χ4n) is 3.49. The van der Waals surface area contributed by atoms with Crippen LogP contribution in [0.2, 0.25) is 0 Å². The average molecular weight is 423 g/mol. The Morgan fingerprint density at radius 3 is 2.40 bits per heavy atom. The van der Waals surface area contributed by atoms with Crippen molar-refractivity contribution in [2.24, 2.45) is 0 Å². The summed E-state index contributed by atoms with van der Waals surface area (Å²) in [6.45, 7) is 0.608. The van der Waals surface area contributed by atoms with Crippen molar-refractivity contribution in [2.75, 3.05) is 16.2 Å². The van der Waals surface area contributed by atoms with Crippen molar-refractivity contribution in [3.05, 3.63) is 90.0 Å². The molecule has 0 unspecified atom stereocenters. The van der Waals surface area contributed by atoms with Gasteiger partial charge in [-0.15, -0.1) is 0 Å². The van der Waals surface area contributed by atoms with Gasteiger partial charge in [0.05, 0.1) is 10.6 Å². The maximum atomic E-state index is 13.1. The number of hydrogen-bond donors (Lipinski definition) is 1. The highest BCUT2D eigenvalue weighted by molar-refractivity contribution is 7.92. The van der Waals surface area contributed by atoms with Crippen LogP contribution in [0.1, 0.15) is 17.5 Å². The Morgan fingerprint density at radius 1 is 0.967 bits per heavy atom. The molecule has 0 radical (unpaired) electrons. The highest BCUT2D eigenvalue weighted by atomic mass is 32.2. The molecule has 30 heavy (non-hydrogen) atoms. The molecule has 1 amide bonds. The molecule has 7 heteroatoms. The van der Waals surface area contributed by atoms with E-state index in [-0.39, 0.29) is 11.5 Å². The molecule has 0 atom stereocenters. The molecule has 1 N–H and O–H groups in total. The molecule has 1 aliphatic rings. The first-order chi connectivity index (χ1) is 14.5. The van der Waals surface area contributed by atoms with Gasteiger partial charge in [0.2, 0.25) is 0 Å². The van der Waals surface area contributed by atoms with E-state index in [9.17, 15) is 13.2 Å². The monoisotopic (exact) mass is 422 g/mol. The van der Waals surface area contributed by atoms with E-state index >= 15 is 0 Å². The Kier molecular flexibility index (Phi) is 5.72. The third-order valence-electron chi connectivity index (χ3n) is 4.95. The lowest BCUT2D eigenvalue weighted by Gasteiger charge is -2.30. The van der Waals surface area contributed by atoms with Crippen molar-refractivity contribution in [3.8, 4) is 0 Å². The van der Waals surface area contributed by atoms with Crippen molar-refractivity contribution in [1.82, 2.24) is 0 Å². The van der Waals surface area contributed by atoms with Gasteiger partial charge in [-0.25, -0.2) is 13.2 Å². The first kappa shape index (κ1) is 20.0. The average Bonchev–Trinajstić information content (AvgIpc) is 2.78. The first-order valence-corrected chi connectivity index (χ1v) is 11.2. The molecule has 0 aromatic heterocycles. The van der Waals surface area contributed by atoms with Gasteiger partial charge in [-0.3, -0.25) is 9.62 Å². The van der Waals surface area contributed by atoms with E-state index in [1.54, 1.807) is 42.5 Å². The van der Waals surface area contributed by atoms with Gasteiger partial charge in [0.25, 0.3) is 10.0 Å². The summed E-state index contributed by atoms with van der Waals surface area (Å²) in [5, 5.41) is 2.72. The van der Waals surface area contributed by atoms with Gasteiger partial charge in [-0.1, -0.05) is 48.5 Å². The van der Waals surface area contributed by atoms with Crippen LogP contribution in [0.5, 0.6) is 0 Å². The number of aryl methyl sites for hydroxylation is 1. The highest BCUT2D eigenvalue weighted by Gasteiger charge is 2.29. The lowest BCUT2D eigenvalue weighted by molar-refractivity contribution is 0.155. The van der Waals surface area contributed by atoms with Crippen LogP contribution in [0.15, 0.2) is 83.8 Å². The summed E-state index contributed by atoms with van der Waals surface area (Å²) < 4.78 is 32.8. The largest absolute Gasteiger partial charge is 0.444 e. The number of hydrogen-bond acceptors (Lipinski definition) is 4. The number of benzene rings is 3. The third-order valence-corrected chi connectivity index (χ3v) is 6.77. The second-order valence-electron chi connectivity index (χ2n) is 7.02. The van der Waals surface area contributed by atoms with E-state index < -0.39 is 16.1 Å². The van der Waals surface area contributed by atoms with Gasteiger partial charge >= 0.3 is 6.09 Å². The van der Waals surface area contributed by atoms with E-state index in [0.717, 1.165) is 17.5 Å². The van der Waals surface area contributed by atoms with Gasteiger partial charge in [-0.05, 0) is 54.3 Å². The maximum absolute atomic E-state index is 13.1. The predicted octanol–water partition coefficient (Wildman–Crippen LogP) is 4.58. The SMILES string of the molecule is O=C(Nc1ccc2c(c1)CCCN2S(=O)(=O)c1ccccc1)OCc1ccccc1. The second kappa shape index (κ2) is 8.59. The molecule has 0 saturated carbocycles. The topological polar surface area (TPSA) is 75.7 Å². The van der Waals surface area contributed by atoms with E-state index in [4.69, 9.17) is 4.74 Å². The number of fused-ring (bicyclic) bond motifs is 1. The fraction of sp³-hybridized carbons (Fsp3) is 0.174. The molecule has 0 saturated heterocycles. The van der Waals surface area contributed by atoms with Crippen molar-refractivity contribution < 1.29 is 17.9 Å². The Bertz CT molecular complexity index is 1130. The fourth-order valence-corrected chi connectivity index (χ4v) is 5.05. The van der Waals surface area contributed by atoms with Gasteiger partial charge in [0.15, 0.2) is 0 Å². The first-order valence-electron chi connectivity index (χ1n) is 9.72. The van der Waals surface area contributed by atoms with Crippen molar-refractivity contribution in [2.45, 2.75) is 24.3 Å². The second-order valence-corrected chi connectivity index (χ2v) is 8.89. The Hall–Kier alpha value is -3.32. The molecule has 3 aromatic rings. The van der Waals surface area contributed by atoms with Crippen LogP contribution in [0.3, 0.4) is 0 Å². The highest BCUT2D eigenvalue weighted by Crippen LogP contribution is 2.33. The van der Waals surface area contributed by atoms with Crippen LogP contribution in [0, 0.1) is 0 Å². The van der Waals surface area contributed by atoms with Crippen LogP contribution in [0.25, 0.3) is 0 Å². The summed E-state index contributed by atoms with van der Waals surface area (Å²) in [6.07, 6.45) is 0.898. The quantitative estimate of drug-likeness (QED) is 0.653. The van der Waals surface area contributed by atoms with Crippen LogP contribution < -0.4 is 9.62 Å². The van der Waals surface area contributed by atoms with E-state index in [1.165, 1.54) is 4.31 Å². The van der Waals surface area contributed by atoms with Crippen LogP contribution in [-0.4, -0.2) is 21.1 Å². The number of amides is 1. The summed E-state index contributed by atoms with van der Waals surface area (Å²) in [4.78, 5) is 12.4. The molecule has 4 rings (SSSR count). The van der Waals surface area contributed by atoms with Crippen molar-refractivity contribution in [1.29, 1.82) is 0 Å². The van der Waals surface area contributed by atoms with Crippen LogP contribution in [-0.2, 0) is 27.8 Å². The number of sulfonamides is 1. The number of carbonyl (C=O) groups excluding carboxylic acids is 1. The Morgan fingerprint density at radius 2 is 1.67 bits per heavy atom. The standard InChI is InChI=1S/C23H22N2O4S/c26-23(29-17-18-8-3-1-4-9-18)24-20-13-14-22-19(16-20)10-7-15-25(22)30(27,28)21-11-5-2-6-12-21/h1-6,8-9,11-14,16H,7,10,15,17H2,(H,24,26). The summed E-state index contributed by atoms with van der Waals surface area (Å²) in [5.41, 5.74) is 3.00. The number of ether oxygens (including phenoxy) is 1. The van der Waals surface area contributed by atoms with E-state index in [2.05, 4.69) is 5.32 Å².